The van der Waals surface area contributed by atoms with E-state index >= 15 is 0 Å². The summed E-state index contributed by atoms with van der Waals surface area (Å²) in [5, 5.41) is 19.5. The number of ether oxygens (including phenoxy) is 1. The third-order valence-electron chi connectivity index (χ3n) is 4.26. The van der Waals surface area contributed by atoms with E-state index in [-0.39, 0.29) is 5.92 Å². The van der Waals surface area contributed by atoms with Crippen molar-refractivity contribution in [3.8, 4) is 5.75 Å². The first-order chi connectivity index (χ1) is 9.92. The molecule has 0 aliphatic rings. The predicted octanol–water partition coefficient (Wildman–Crippen LogP) is 3.72. The third-order valence-corrected chi connectivity index (χ3v) is 4.26. The number of aliphatic hydroxyl groups excluding tert-OH is 2. The zero-order chi connectivity index (χ0) is 16.0. The Bertz CT molecular complexity index is 440. The Kier molecular flexibility index (Phi) is 7.20. The van der Waals surface area contributed by atoms with E-state index in [0.717, 1.165) is 25.2 Å². The lowest BCUT2D eigenvalue weighted by Crippen LogP contribution is -2.25. The average molecular weight is 294 g/mol. The fourth-order valence-corrected chi connectivity index (χ4v) is 2.63. The first-order valence-electron chi connectivity index (χ1n) is 8.01. The summed E-state index contributed by atoms with van der Waals surface area (Å²) < 4.78 is 5.77. The van der Waals surface area contributed by atoms with Crippen LogP contribution in [0.2, 0.25) is 0 Å². The SMILES string of the molecule is CCCOc1ccc(C(CC)CC(O)C(C)O)c(C)c1C. The van der Waals surface area contributed by atoms with Gasteiger partial charge in [-0.25, -0.2) is 0 Å². The summed E-state index contributed by atoms with van der Waals surface area (Å²) in [5.74, 6) is 1.21. The number of benzene rings is 1. The van der Waals surface area contributed by atoms with E-state index < -0.39 is 12.2 Å². The molecule has 1 rings (SSSR count). The van der Waals surface area contributed by atoms with Crippen molar-refractivity contribution < 1.29 is 14.9 Å². The van der Waals surface area contributed by atoms with Crippen LogP contribution in [0.1, 0.15) is 62.6 Å². The molecule has 0 aliphatic carbocycles. The molecule has 0 aliphatic heterocycles. The van der Waals surface area contributed by atoms with Gasteiger partial charge in [-0.15, -0.1) is 0 Å². The highest BCUT2D eigenvalue weighted by atomic mass is 16.5. The van der Waals surface area contributed by atoms with Gasteiger partial charge < -0.3 is 14.9 Å². The van der Waals surface area contributed by atoms with Crippen LogP contribution in [-0.4, -0.2) is 29.0 Å². The zero-order valence-corrected chi connectivity index (χ0v) is 14.0. The van der Waals surface area contributed by atoms with E-state index in [1.165, 1.54) is 16.7 Å². The second-order valence-corrected chi connectivity index (χ2v) is 5.90. The highest BCUT2D eigenvalue weighted by Crippen LogP contribution is 2.33. The molecule has 21 heavy (non-hydrogen) atoms. The number of aliphatic hydroxyl groups is 2. The van der Waals surface area contributed by atoms with Gasteiger partial charge in [0.1, 0.15) is 5.75 Å². The van der Waals surface area contributed by atoms with Gasteiger partial charge in [-0.3, -0.25) is 0 Å². The Morgan fingerprint density at radius 1 is 1.10 bits per heavy atom. The van der Waals surface area contributed by atoms with E-state index in [9.17, 15) is 10.2 Å². The first kappa shape index (κ1) is 18.0. The zero-order valence-electron chi connectivity index (χ0n) is 14.0. The van der Waals surface area contributed by atoms with Crippen LogP contribution >= 0.6 is 0 Å². The monoisotopic (exact) mass is 294 g/mol. The maximum Gasteiger partial charge on any atom is 0.122 e. The fourth-order valence-electron chi connectivity index (χ4n) is 2.63. The first-order valence-corrected chi connectivity index (χ1v) is 8.01. The van der Waals surface area contributed by atoms with Gasteiger partial charge >= 0.3 is 0 Å². The van der Waals surface area contributed by atoms with Crippen molar-refractivity contribution in [1.29, 1.82) is 0 Å². The minimum Gasteiger partial charge on any atom is -0.493 e. The highest BCUT2D eigenvalue weighted by molar-refractivity contribution is 5.45. The Balaban J connectivity index is 2.97. The average Bonchev–Trinajstić information content (AvgIpc) is 2.46. The van der Waals surface area contributed by atoms with Gasteiger partial charge in [-0.05, 0) is 68.7 Å². The minimum absolute atomic E-state index is 0.258. The van der Waals surface area contributed by atoms with Crippen LogP contribution in [-0.2, 0) is 0 Å². The summed E-state index contributed by atoms with van der Waals surface area (Å²) in [4.78, 5) is 0. The Hall–Kier alpha value is -1.06. The van der Waals surface area contributed by atoms with Gasteiger partial charge in [0, 0.05) is 0 Å². The lowest BCUT2D eigenvalue weighted by Gasteiger charge is -2.24. The molecule has 0 bridgehead atoms. The van der Waals surface area contributed by atoms with Gasteiger partial charge in [0.25, 0.3) is 0 Å². The summed E-state index contributed by atoms with van der Waals surface area (Å²) in [6.45, 7) is 10.8. The topological polar surface area (TPSA) is 49.7 Å². The number of hydrogen-bond donors (Lipinski definition) is 2. The van der Waals surface area contributed by atoms with Crippen molar-refractivity contribution in [2.75, 3.05) is 6.61 Å². The molecule has 3 atom stereocenters. The highest BCUT2D eigenvalue weighted by Gasteiger charge is 2.21. The predicted molar refractivity (Wildman–Crippen MR) is 87.0 cm³/mol. The molecule has 0 saturated heterocycles. The van der Waals surface area contributed by atoms with E-state index in [0.29, 0.717) is 6.42 Å². The summed E-state index contributed by atoms with van der Waals surface area (Å²) in [6.07, 6.45) is 1.17. The molecule has 0 amide bonds. The fraction of sp³-hybridized carbons (Fsp3) is 0.667. The molecule has 0 radical (unpaired) electrons. The van der Waals surface area contributed by atoms with Crippen LogP contribution in [0.5, 0.6) is 5.75 Å². The van der Waals surface area contributed by atoms with E-state index in [4.69, 9.17) is 4.74 Å². The van der Waals surface area contributed by atoms with Crippen LogP contribution in [0.3, 0.4) is 0 Å². The summed E-state index contributed by atoms with van der Waals surface area (Å²) in [5.41, 5.74) is 3.65. The molecule has 0 heterocycles. The molecule has 0 aromatic heterocycles. The molecule has 0 spiro atoms. The minimum atomic E-state index is -0.687. The van der Waals surface area contributed by atoms with Crippen molar-refractivity contribution in [3.63, 3.8) is 0 Å². The normalized spacial score (nSPS) is 15.6. The third kappa shape index (κ3) is 4.72. The quantitative estimate of drug-likeness (QED) is 0.768. The lowest BCUT2D eigenvalue weighted by atomic mass is 9.85. The second-order valence-electron chi connectivity index (χ2n) is 5.90. The smallest absolute Gasteiger partial charge is 0.122 e. The largest absolute Gasteiger partial charge is 0.493 e. The molecule has 1 aromatic rings. The number of hydrogen-bond acceptors (Lipinski definition) is 3. The summed E-state index contributed by atoms with van der Waals surface area (Å²) in [6, 6.07) is 4.14. The van der Waals surface area contributed by atoms with Gasteiger partial charge in [0.2, 0.25) is 0 Å². The van der Waals surface area contributed by atoms with E-state index in [2.05, 4.69) is 33.8 Å². The molecule has 3 nitrogen and oxygen atoms in total. The Labute approximate surface area is 129 Å². The molecule has 3 heteroatoms. The van der Waals surface area contributed by atoms with Crippen molar-refractivity contribution >= 4 is 0 Å². The second kappa shape index (κ2) is 8.40. The van der Waals surface area contributed by atoms with Crippen LogP contribution in [0.15, 0.2) is 12.1 Å². The van der Waals surface area contributed by atoms with E-state index in [1.807, 2.05) is 6.07 Å². The molecular weight excluding hydrogens is 264 g/mol. The summed E-state index contributed by atoms with van der Waals surface area (Å²) in [7, 11) is 0. The molecule has 120 valence electrons. The van der Waals surface area contributed by atoms with E-state index in [1.54, 1.807) is 6.92 Å². The van der Waals surface area contributed by atoms with Crippen LogP contribution in [0, 0.1) is 13.8 Å². The Morgan fingerprint density at radius 2 is 1.76 bits per heavy atom. The maximum absolute atomic E-state index is 9.95. The number of rotatable bonds is 8. The van der Waals surface area contributed by atoms with Gasteiger partial charge in [-0.1, -0.05) is 19.9 Å². The molecule has 0 saturated carbocycles. The Morgan fingerprint density at radius 3 is 2.29 bits per heavy atom. The van der Waals surface area contributed by atoms with Gasteiger partial charge in [0.05, 0.1) is 18.8 Å². The van der Waals surface area contributed by atoms with Crippen LogP contribution < -0.4 is 4.74 Å². The standard InChI is InChI=1S/C18H30O3/c1-6-10-21-18-9-8-16(12(3)13(18)4)15(7-2)11-17(20)14(5)19/h8-9,14-15,17,19-20H,6-7,10-11H2,1-5H3. The summed E-state index contributed by atoms with van der Waals surface area (Å²) >= 11 is 0. The molecule has 3 unspecified atom stereocenters. The van der Waals surface area contributed by atoms with Crippen molar-refractivity contribution in [2.45, 2.75) is 72.0 Å². The molecular formula is C18H30O3. The van der Waals surface area contributed by atoms with Crippen molar-refractivity contribution in [1.82, 2.24) is 0 Å². The molecule has 2 N–H and O–H groups in total. The lowest BCUT2D eigenvalue weighted by molar-refractivity contribution is 0.0214. The van der Waals surface area contributed by atoms with Crippen molar-refractivity contribution in [3.05, 3.63) is 28.8 Å². The van der Waals surface area contributed by atoms with Gasteiger partial charge in [0.15, 0.2) is 0 Å². The maximum atomic E-state index is 9.95. The molecule has 0 fully saturated rings. The van der Waals surface area contributed by atoms with Crippen LogP contribution in [0.4, 0.5) is 0 Å². The van der Waals surface area contributed by atoms with Gasteiger partial charge in [-0.2, -0.15) is 0 Å². The van der Waals surface area contributed by atoms with Crippen molar-refractivity contribution in [2.24, 2.45) is 0 Å². The molecule has 1 aromatic carbocycles. The van der Waals surface area contributed by atoms with Crippen LogP contribution in [0.25, 0.3) is 0 Å².